The summed E-state index contributed by atoms with van der Waals surface area (Å²) in [5.41, 5.74) is 0. The molecule has 2 atom stereocenters. The molecular weight excluding hydrogens is 267 g/mol. The van der Waals surface area contributed by atoms with Gasteiger partial charge in [-0.3, -0.25) is 4.90 Å². The van der Waals surface area contributed by atoms with Crippen LogP contribution >= 0.6 is 0 Å². The van der Waals surface area contributed by atoms with E-state index in [2.05, 4.69) is 5.32 Å². The molecule has 114 valence electrons. The first kappa shape index (κ1) is 15.6. The summed E-state index contributed by atoms with van der Waals surface area (Å²) in [5, 5.41) is 12.2. The van der Waals surface area contributed by atoms with Gasteiger partial charge in [-0.25, -0.2) is 0 Å². The van der Waals surface area contributed by atoms with E-state index >= 15 is 0 Å². The third-order valence-corrected chi connectivity index (χ3v) is 4.35. The predicted molar refractivity (Wildman–Crippen MR) is 70.0 cm³/mol. The Morgan fingerprint density at radius 1 is 1.20 bits per heavy atom. The van der Waals surface area contributed by atoms with Gasteiger partial charge in [-0.05, 0) is 37.6 Å². The number of hydrogen-bond donors (Lipinski definition) is 1. The van der Waals surface area contributed by atoms with Crippen LogP contribution in [0.15, 0.2) is 0 Å². The van der Waals surface area contributed by atoms with Gasteiger partial charge in [0, 0.05) is 25.6 Å². The van der Waals surface area contributed by atoms with Crippen molar-refractivity contribution in [3.63, 3.8) is 0 Å². The minimum absolute atomic E-state index is 0.0880. The van der Waals surface area contributed by atoms with E-state index in [4.69, 9.17) is 5.26 Å². The van der Waals surface area contributed by atoms with Gasteiger partial charge in [0.05, 0.1) is 12.6 Å². The Kier molecular flexibility index (Phi) is 5.28. The summed E-state index contributed by atoms with van der Waals surface area (Å²) in [6, 6.07) is 2.13. The molecule has 1 N–H and O–H groups in total. The van der Waals surface area contributed by atoms with Crippen molar-refractivity contribution in [2.75, 3.05) is 26.2 Å². The fourth-order valence-corrected chi connectivity index (χ4v) is 3.19. The number of likely N-dealkylation sites (tertiary alicyclic amines) is 1. The monoisotopic (exact) mass is 289 g/mol. The minimum atomic E-state index is -4.11. The largest absolute Gasteiger partial charge is 0.389 e. The SMILES string of the molecule is N#CCN1CC(CC(F)(F)F)CC(NCC2CCC2)C1. The number of piperidine rings is 1. The first-order valence-electron chi connectivity index (χ1n) is 7.35. The highest BCUT2D eigenvalue weighted by Gasteiger charge is 2.36. The molecule has 3 nitrogen and oxygen atoms in total. The Balaban J connectivity index is 1.84. The molecule has 6 heteroatoms. The maximum absolute atomic E-state index is 12.6. The van der Waals surface area contributed by atoms with Crippen LogP contribution in [0.25, 0.3) is 0 Å². The molecular formula is C14H22F3N3. The van der Waals surface area contributed by atoms with E-state index in [0.29, 0.717) is 25.4 Å². The summed E-state index contributed by atoms with van der Waals surface area (Å²) in [6.45, 7) is 2.20. The van der Waals surface area contributed by atoms with Crippen LogP contribution in [-0.2, 0) is 0 Å². The second kappa shape index (κ2) is 6.77. The van der Waals surface area contributed by atoms with Crippen molar-refractivity contribution in [3.8, 4) is 6.07 Å². The van der Waals surface area contributed by atoms with Crippen molar-refractivity contribution in [3.05, 3.63) is 0 Å². The molecule has 2 rings (SSSR count). The summed E-state index contributed by atoms with van der Waals surface area (Å²) in [6.07, 6.45) is -0.557. The highest BCUT2D eigenvalue weighted by molar-refractivity contribution is 4.89. The molecule has 1 aliphatic carbocycles. The van der Waals surface area contributed by atoms with Crippen LogP contribution in [0, 0.1) is 23.2 Å². The van der Waals surface area contributed by atoms with E-state index in [1.165, 1.54) is 19.3 Å². The lowest BCUT2D eigenvalue weighted by Crippen LogP contribution is -2.51. The highest BCUT2D eigenvalue weighted by Crippen LogP contribution is 2.31. The number of alkyl halides is 3. The van der Waals surface area contributed by atoms with Gasteiger partial charge in [0.1, 0.15) is 0 Å². The standard InChI is InChI=1S/C14H22F3N3/c15-14(16,17)7-12-6-13(10-20(9-12)5-4-18)19-8-11-2-1-3-11/h11-13,19H,1-3,5-10H2. The molecule has 0 bridgehead atoms. The van der Waals surface area contributed by atoms with Crippen LogP contribution in [0.1, 0.15) is 32.1 Å². The molecule has 0 aromatic carbocycles. The molecule has 0 radical (unpaired) electrons. The van der Waals surface area contributed by atoms with Crippen molar-refractivity contribution in [2.24, 2.45) is 11.8 Å². The van der Waals surface area contributed by atoms with Gasteiger partial charge in [0.15, 0.2) is 0 Å². The molecule has 1 saturated carbocycles. The molecule has 2 aliphatic rings. The van der Waals surface area contributed by atoms with Crippen LogP contribution in [0.3, 0.4) is 0 Å². The third kappa shape index (κ3) is 4.95. The maximum Gasteiger partial charge on any atom is 0.389 e. The summed E-state index contributed by atoms with van der Waals surface area (Å²) in [7, 11) is 0. The molecule has 20 heavy (non-hydrogen) atoms. The quantitative estimate of drug-likeness (QED) is 0.791. The number of halogens is 3. The zero-order valence-electron chi connectivity index (χ0n) is 11.6. The van der Waals surface area contributed by atoms with E-state index in [-0.39, 0.29) is 12.6 Å². The number of nitrogens with zero attached hydrogens (tertiary/aromatic N) is 2. The van der Waals surface area contributed by atoms with Gasteiger partial charge >= 0.3 is 6.18 Å². The van der Waals surface area contributed by atoms with Gasteiger partial charge in [-0.1, -0.05) is 6.42 Å². The molecule has 1 aliphatic heterocycles. The van der Waals surface area contributed by atoms with Gasteiger partial charge in [0.25, 0.3) is 0 Å². The fourth-order valence-electron chi connectivity index (χ4n) is 3.19. The van der Waals surface area contributed by atoms with Gasteiger partial charge in [0.2, 0.25) is 0 Å². The van der Waals surface area contributed by atoms with Crippen LogP contribution in [-0.4, -0.2) is 43.3 Å². The van der Waals surface area contributed by atoms with Crippen molar-refractivity contribution < 1.29 is 13.2 Å². The smallest absolute Gasteiger partial charge is 0.312 e. The lowest BCUT2D eigenvalue weighted by Gasteiger charge is -2.38. The van der Waals surface area contributed by atoms with Gasteiger partial charge in [-0.2, -0.15) is 18.4 Å². The Morgan fingerprint density at radius 3 is 2.50 bits per heavy atom. The highest BCUT2D eigenvalue weighted by atomic mass is 19.4. The Hall–Kier alpha value is -0.800. The van der Waals surface area contributed by atoms with E-state index in [0.717, 1.165) is 6.54 Å². The molecule has 0 aromatic rings. The summed E-state index contributed by atoms with van der Waals surface area (Å²) >= 11 is 0. The normalized spacial score (nSPS) is 28.9. The van der Waals surface area contributed by atoms with Crippen molar-refractivity contribution >= 4 is 0 Å². The van der Waals surface area contributed by atoms with Crippen molar-refractivity contribution in [2.45, 2.75) is 44.3 Å². The first-order valence-corrected chi connectivity index (χ1v) is 7.35. The number of rotatable bonds is 5. The minimum Gasteiger partial charge on any atom is -0.312 e. The maximum atomic E-state index is 12.6. The van der Waals surface area contributed by atoms with E-state index in [1.54, 1.807) is 0 Å². The first-order chi connectivity index (χ1) is 9.46. The molecule has 2 fully saturated rings. The summed E-state index contributed by atoms with van der Waals surface area (Å²) in [5.74, 6) is 0.304. The molecule has 2 unspecified atom stereocenters. The fraction of sp³-hybridized carbons (Fsp3) is 0.929. The van der Waals surface area contributed by atoms with Gasteiger partial charge < -0.3 is 5.32 Å². The topological polar surface area (TPSA) is 39.1 Å². The van der Waals surface area contributed by atoms with Crippen molar-refractivity contribution in [1.82, 2.24) is 10.2 Å². The number of hydrogen-bond acceptors (Lipinski definition) is 3. The number of nitriles is 1. The van der Waals surface area contributed by atoms with E-state index in [1.807, 2.05) is 11.0 Å². The summed E-state index contributed by atoms with van der Waals surface area (Å²) < 4.78 is 37.7. The lowest BCUT2D eigenvalue weighted by molar-refractivity contribution is -0.148. The Bertz CT molecular complexity index is 347. The molecule has 1 heterocycles. The predicted octanol–water partition coefficient (Wildman–Crippen LogP) is 2.54. The zero-order valence-corrected chi connectivity index (χ0v) is 11.6. The summed E-state index contributed by atoms with van der Waals surface area (Å²) in [4.78, 5) is 1.85. The second-order valence-electron chi connectivity index (χ2n) is 6.18. The van der Waals surface area contributed by atoms with Gasteiger partial charge in [-0.15, -0.1) is 0 Å². The van der Waals surface area contributed by atoms with Crippen LogP contribution < -0.4 is 5.32 Å². The average molecular weight is 289 g/mol. The molecule has 0 aromatic heterocycles. The Labute approximate surface area is 118 Å². The van der Waals surface area contributed by atoms with E-state index < -0.39 is 18.5 Å². The molecule has 1 saturated heterocycles. The van der Waals surface area contributed by atoms with Crippen molar-refractivity contribution in [1.29, 1.82) is 5.26 Å². The van der Waals surface area contributed by atoms with E-state index in [9.17, 15) is 13.2 Å². The van der Waals surface area contributed by atoms with Crippen LogP contribution in [0.2, 0.25) is 0 Å². The van der Waals surface area contributed by atoms with Crippen LogP contribution in [0.4, 0.5) is 13.2 Å². The molecule has 0 amide bonds. The van der Waals surface area contributed by atoms with Crippen LogP contribution in [0.5, 0.6) is 0 Å². The number of nitrogens with one attached hydrogen (secondary N) is 1. The second-order valence-corrected chi connectivity index (χ2v) is 6.18. The lowest BCUT2D eigenvalue weighted by atomic mass is 9.84. The Morgan fingerprint density at radius 2 is 1.95 bits per heavy atom. The molecule has 0 spiro atoms. The third-order valence-electron chi connectivity index (χ3n) is 4.35. The zero-order chi connectivity index (χ0) is 14.6. The average Bonchev–Trinajstić information content (AvgIpc) is 2.24.